The van der Waals surface area contributed by atoms with E-state index in [9.17, 15) is 13.6 Å². The third kappa shape index (κ3) is 3.00. The quantitative estimate of drug-likeness (QED) is 0.803. The number of alkyl halides is 2. The molecule has 1 aromatic carbocycles. The zero-order chi connectivity index (χ0) is 15.5. The van der Waals surface area contributed by atoms with Crippen molar-refractivity contribution in [2.45, 2.75) is 32.3 Å². The molecule has 2 aliphatic heterocycles. The van der Waals surface area contributed by atoms with Gasteiger partial charge in [0, 0.05) is 18.5 Å². The standard InChI is InChI=1S/C16H16F2N2O2/c17-16(18)22-13-7-4-3-6-11(13)10-12-15(21)20-9-5-1-2-8-14(20)19-12/h3-4,6-7,10,16H,1-2,5,8-9H2/b12-10+. The van der Waals surface area contributed by atoms with Crippen molar-refractivity contribution in [2.24, 2.45) is 4.99 Å². The van der Waals surface area contributed by atoms with Crippen LogP contribution < -0.4 is 4.74 Å². The van der Waals surface area contributed by atoms with Gasteiger partial charge in [0.2, 0.25) is 0 Å². The van der Waals surface area contributed by atoms with E-state index in [-0.39, 0.29) is 17.4 Å². The van der Waals surface area contributed by atoms with Crippen molar-refractivity contribution in [3.8, 4) is 5.75 Å². The summed E-state index contributed by atoms with van der Waals surface area (Å²) in [5, 5.41) is 0. The first kappa shape index (κ1) is 14.7. The smallest absolute Gasteiger partial charge is 0.387 e. The van der Waals surface area contributed by atoms with Gasteiger partial charge in [0.1, 0.15) is 17.3 Å². The van der Waals surface area contributed by atoms with Gasteiger partial charge in [-0.3, -0.25) is 9.69 Å². The highest BCUT2D eigenvalue weighted by Crippen LogP contribution is 2.27. The molecule has 0 bridgehead atoms. The third-order valence-electron chi connectivity index (χ3n) is 3.73. The number of benzene rings is 1. The van der Waals surface area contributed by atoms with Gasteiger partial charge in [-0.2, -0.15) is 8.78 Å². The number of carbonyl (C=O) groups excluding carboxylic acids is 1. The van der Waals surface area contributed by atoms with Gasteiger partial charge in [-0.25, -0.2) is 4.99 Å². The third-order valence-corrected chi connectivity index (χ3v) is 3.73. The summed E-state index contributed by atoms with van der Waals surface area (Å²) in [7, 11) is 0. The summed E-state index contributed by atoms with van der Waals surface area (Å²) < 4.78 is 29.3. The molecule has 3 rings (SSSR count). The van der Waals surface area contributed by atoms with Gasteiger partial charge in [0.05, 0.1) is 0 Å². The Balaban J connectivity index is 1.91. The molecule has 116 valence electrons. The second kappa shape index (κ2) is 6.25. The molecule has 22 heavy (non-hydrogen) atoms. The van der Waals surface area contributed by atoms with Crippen molar-refractivity contribution in [2.75, 3.05) is 6.54 Å². The van der Waals surface area contributed by atoms with Crippen LogP contribution in [-0.4, -0.2) is 29.8 Å². The molecule has 6 heteroatoms. The van der Waals surface area contributed by atoms with Gasteiger partial charge in [0.15, 0.2) is 0 Å². The number of para-hydroxylation sites is 1. The highest BCUT2D eigenvalue weighted by molar-refractivity contribution is 6.14. The van der Waals surface area contributed by atoms with Crippen molar-refractivity contribution in [1.82, 2.24) is 4.90 Å². The topological polar surface area (TPSA) is 41.9 Å². The number of carbonyl (C=O) groups is 1. The van der Waals surface area contributed by atoms with E-state index in [1.54, 1.807) is 23.1 Å². The molecule has 0 atom stereocenters. The van der Waals surface area contributed by atoms with Gasteiger partial charge in [0.25, 0.3) is 5.91 Å². The van der Waals surface area contributed by atoms with Crippen LogP contribution in [0, 0.1) is 0 Å². The lowest BCUT2D eigenvalue weighted by Crippen LogP contribution is -2.31. The average Bonchev–Trinajstić information content (AvgIpc) is 2.66. The summed E-state index contributed by atoms with van der Waals surface area (Å²) in [6.45, 7) is -2.23. The number of fused-ring (bicyclic) bond motifs is 1. The number of ether oxygens (including phenoxy) is 1. The molecule has 0 aliphatic carbocycles. The Labute approximate surface area is 127 Å². The lowest BCUT2D eigenvalue weighted by Gasteiger charge is -2.14. The fourth-order valence-electron chi connectivity index (χ4n) is 2.70. The summed E-state index contributed by atoms with van der Waals surface area (Å²) in [6.07, 6.45) is 5.36. The number of halogens is 2. The number of hydrogen-bond acceptors (Lipinski definition) is 3. The zero-order valence-corrected chi connectivity index (χ0v) is 12.0. The minimum atomic E-state index is -2.90. The molecule has 4 nitrogen and oxygen atoms in total. The van der Waals surface area contributed by atoms with E-state index in [0.717, 1.165) is 31.5 Å². The predicted molar refractivity (Wildman–Crippen MR) is 78.7 cm³/mol. The number of hydrogen-bond donors (Lipinski definition) is 0. The van der Waals surface area contributed by atoms with E-state index in [1.807, 2.05) is 0 Å². The Bertz CT molecular complexity index is 641. The number of nitrogens with zero attached hydrogens (tertiary/aromatic N) is 2. The first-order valence-corrected chi connectivity index (χ1v) is 7.30. The second-order valence-corrected chi connectivity index (χ2v) is 5.24. The van der Waals surface area contributed by atoms with Gasteiger partial charge in [-0.05, 0) is 25.0 Å². The summed E-state index contributed by atoms with van der Waals surface area (Å²) in [5.41, 5.74) is 0.704. The molecule has 0 aromatic heterocycles. The van der Waals surface area contributed by atoms with Crippen molar-refractivity contribution in [1.29, 1.82) is 0 Å². The Morgan fingerprint density at radius 1 is 1.23 bits per heavy atom. The lowest BCUT2D eigenvalue weighted by atomic mass is 10.1. The number of aliphatic imine (C=N–C) groups is 1. The van der Waals surface area contributed by atoms with E-state index in [4.69, 9.17) is 0 Å². The Kier molecular flexibility index (Phi) is 4.18. The zero-order valence-electron chi connectivity index (χ0n) is 12.0. The Hall–Kier alpha value is -2.24. The summed E-state index contributed by atoms with van der Waals surface area (Å²) in [5.74, 6) is 0.657. The van der Waals surface area contributed by atoms with Crippen LogP contribution in [-0.2, 0) is 4.79 Å². The van der Waals surface area contributed by atoms with E-state index < -0.39 is 6.61 Å². The fraction of sp³-hybridized carbons (Fsp3) is 0.375. The van der Waals surface area contributed by atoms with Crippen LogP contribution in [0.5, 0.6) is 5.75 Å². The largest absolute Gasteiger partial charge is 0.434 e. The van der Waals surface area contributed by atoms with Gasteiger partial charge < -0.3 is 4.74 Å². The van der Waals surface area contributed by atoms with E-state index >= 15 is 0 Å². The van der Waals surface area contributed by atoms with Crippen molar-refractivity contribution < 1.29 is 18.3 Å². The minimum absolute atomic E-state index is 0.0418. The molecule has 0 unspecified atom stereocenters. The molecule has 0 N–H and O–H groups in total. The lowest BCUT2D eigenvalue weighted by molar-refractivity contribution is -0.122. The van der Waals surface area contributed by atoms with E-state index in [1.165, 1.54) is 12.1 Å². The van der Waals surface area contributed by atoms with Gasteiger partial charge >= 0.3 is 6.61 Å². The summed E-state index contributed by atoms with van der Waals surface area (Å²) >= 11 is 0. The minimum Gasteiger partial charge on any atom is -0.434 e. The van der Waals surface area contributed by atoms with Crippen molar-refractivity contribution in [3.63, 3.8) is 0 Å². The molecule has 0 saturated carbocycles. The van der Waals surface area contributed by atoms with Crippen molar-refractivity contribution in [3.05, 3.63) is 35.5 Å². The van der Waals surface area contributed by atoms with E-state index in [0.29, 0.717) is 12.1 Å². The first-order valence-electron chi connectivity index (χ1n) is 7.30. The summed E-state index contributed by atoms with van der Waals surface area (Å²) in [4.78, 5) is 18.5. The van der Waals surface area contributed by atoms with Crippen LogP contribution in [0.4, 0.5) is 8.78 Å². The average molecular weight is 306 g/mol. The summed E-state index contributed by atoms with van der Waals surface area (Å²) in [6, 6.07) is 6.39. The monoisotopic (exact) mass is 306 g/mol. The normalized spacial score (nSPS) is 20.1. The fourth-order valence-corrected chi connectivity index (χ4v) is 2.70. The molecular weight excluding hydrogens is 290 g/mol. The molecule has 0 radical (unpaired) electrons. The Morgan fingerprint density at radius 2 is 2.05 bits per heavy atom. The molecule has 0 spiro atoms. The second-order valence-electron chi connectivity index (χ2n) is 5.24. The molecule has 1 aromatic rings. The van der Waals surface area contributed by atoms with Gasteiger partial charge in [-0.1, -0.05) is 24.6 Å². The van der Waals surface area contributed by atoms with Crippen LogP contribution in [0.3, 0.4) is 0 Å². The predicted octanol–water partition coefficient (Wildman–Crippen LogP) is 3.44. The highest BCUT2D eigenvalue weighted by Gasteiger charge is 2.30. The van der Waals surface area contributed by atoms with E-state index in [2.05, 4.69) is 9.73 Å². The Morgan fingerprint density at radius 3 is 2.86 bits per heavy atom. The van der Waals surface area contributed by atoms with Crippen LogP contribution >= 0.6 is 0 Å². The van der Waals surface area contributed by atoms with Crippen LogP contribution in [0.1, 0.15) is 31.2 Å². The molecule has 1 fully saturated rings. The number of amidine groups is 1. The number of rotatable bonds is 3. The molecular formula is C16H16F2N2O2. The maximum atomic E-state index is 12.4. The SMILES string of the molecule is O=C1/C(=C\c2ccccc2OC(F)F)N=C2CCCCCN12. The van der Waals surface area contributed by atoms with Crippen LogP contribution in [0.15, 0.2) is 35.0 Å². The number of amides is 1. The molecule has 1 saturated heterocycles. The maximum Gasteiger partial charge on any atom is 0.387 e. The molecule has 1 amide bonds. The highest BCUT2D eigenvalue weighted by atomic mass is 19.3. The van der Waals surface area contributed by atoms with Crippen molar-refractivity contribution >= 4 is 17.8 Å². The van der Waals surface area contributed by atoms with Gasteiger partial charge in [-0.15, -0.1) is 0 Å². The maximum absolute atomic E-state index is 12.4. The van der Waals surface area contributed by atoms with Crippen LogP contribution in [0.25, 0.3) is 6.08 Å². The molecule has 2 heterocycles. The van der Waals surface area contributed by atoms with Crippen LogP contribution in [0.2, 0.25) is 0 Å². The first-order chi connectivity index (χ1) is 10.6. The molecule has 2 aliphatic rings.